The van der Waals surface area contributed by atoms with Crippen molar-refractivity contribution in [3.63, 3.8) is 0 Å². The minimum absolute atomic E-state index is 0.212. The highest BCUT2D eigenvalue weighted by Crippen LogP contribution is 2.33. The summed E-state index contributed by atoms with van der Waals surface area (Å²) >= 11 is 0. The zero-order chi connectivity index (χ0) is 18.9. The largest absolute Gasteiger partial charge is 0.312 e. The summed E-state index contributed by atoms with van der Waals surface area (Å²) in [4.78, 5) is 9.19. The number of aromatic nitrogens is 2. The average molecular weight is 390 g/mol. The van der Waals surface area contributed by atoms with Gasteiger partial charge in [0.15, 0.2) is 0 Å². The molecule has 144 valence electrons. The second-order valence-electron chi connectivity index (χ2n) is 7.14. The molecule has 2 aliphatic rings. The third kappa shape index (κ3) is 4.02. The third-order valence-corrected chi connectivity index (χ3v) is 7.02. The van der Waals surface area contributed by atoms with Crippen LogP contribution in [0.2, 0.25) is 0 Å². The van der Waals surface area contributed by atoms with Crippen molar-refractivity contribution in [2.45, 2.75) is 44.0 Å². The van der Waals surface area contributed by atoms with Crippen molar-refractivity contribution in [3.8, 4) is 0 Å². The highest BCUT2D eigenvalue weighted by molar-refractivity contribution is 7.88. The molecule has 0 radical (unpaired) electrons. The Morgan fingerprint density at radius 3 is 3.04 bits per heavy atom. The molecule has 1 fully saturated rings. The summed E-state index contributed by atoms with van der Waals surface area (Å²) in [5.41, 5.74) is 2.54. The van der Waals surface area contributed by atoms with E-state index in [-0.39, 0.29) is 11.8 Å². The van der Waals surface area contributed by atoms with Crippen LogP contribution in [-0.2, 0) is 28.7 Å². The lowest BCUT2D eigenvalue weighted by molar-refractivity contribution is 0.245. The number of halogens is 1. The second kappa shape index (κ2) is 7.61. The van der Waals surface area contributed by atoms with E-state index in [1.165, 1.54) is 22.5 Å². The lowest BCUT2D eigenvalue weighted by Gasteiger charge is -2.34. The van der Waals surface area contributed by atoms with Crippen LogP contribution in [-0.4, -0.2) is 35.8 Å². The lowest BCUT2D eigenvalue weighted by atomic mass is 10.0. The van der Waals surface area contributed by atoms with Gasteiger partial charge in [-0.05, 0) is 30.5 Å². The second-order valence-corrected chi connectivity index (χ2v) is 9.06. The topological polar surface area (TPSA) is 75.2 Å². The van der Waals surface area contributed by atoms with Gasteiger partial charge in [-0.3, -0.25) is 0 Å². The van der Waals surface area contributed by atoms with Crippen molar-refractivity contribution in [2.75, 3.05) is 13.1 Å². The van der Waals surface area contributed by atoms with Crippen LogP contribution in [0.4, 0.5) is 4.39 Å². The van der Waals surface area contributed by atoms with Gasteiger partial charge in [-0.2, -0.15) is 4.31 Å². The molecule has 6 nitrogen and oxygen atoms in total. The number of fused-ring (bicyclic) bond motifs is 1. The number of nitrogens with one attached hydrogen (secondary N) is 1. The number of piperidine rings is 1. The van der Waals surface area contributed by atoms with Gasteiger partial charge in [0, 0.05) is 43.5 Å². The number of hydrogen-bond donors (Lipinski definition) is 1. The molecule has 0 saturated carbocycles. The lowest BCUT2D eigenvalue weighted by Crippen LogP contribution is -2.40. The maximum Gasteiger partial charge on any atom is 0.218 e. The van der Waals surface area contributed by atoms with Gasteiger partial charge in [0.25, 0.3) is 0 Å². The van der Waals surface area contributed by atoms with E-state index < -0.39 is 15.8 Å². The molecule has 1 saturated heterocycles. The number of rotatable bonds is 4. The van der Waals surface area contributed by atoms with Gasteiger partial charge in [0.1, 0.15) is 11.6 Å². The van der Waals surface area contributed by atoms with Crippen LogP contribution in [0.25, 0.3) is 0 Å². The number of nitrogens with zero attached hydrogens (tertiary/aromatic N) is 3. The molecule has 1 aromatic carbocycles. The first kappa shape index (κ1) is 18.5. The molecule has 0 unspecified atom stereocenters. The van der Waals surface area contributed by atoms with Crippen molar-refractivity contribution in [2.24, 2.45) is 0 Å². The minimum atomic E-state index is -3.60. The summed E-state index contributed by atoms with van der Waals surface area (Å²) in [5.74, 6) is -0.0569. The Labute approximate surface area is 158 Å². The van der Waals surface area contributed by atoms with Crippen LogP contribution in [0.1, 0.15) is 47.9 Å². The molecule has 0 amide bonds. The highest BCUT2D eigenvalue weighted by Gasteiger charge is 2.35. The van der Waals surface area contributed by atoms with Crippen molar-refractivity contribution < 1.29 is 12.8 Å². The predicted octanol–water partition coefficient (Wildman–Crippen LogP) is 2.32. The van der Waals surface area contributed by atoms with E-state index in [0.717, 1.165) is 43.6 Å². The van der Waals surface area contributed by atoms with Crippen LogP contribution in [0.15, 0.2) is 30.5 Å². The molecule has 2 aromatic rings. The van der Waals surface area contributed by atoms with E-state index in [9.17, 15) is 12.8 Å². The number of sulfonamides is 1. The summed E-state index contributed by atoms with van der Waals surface area (Å²) in [7, 11) is -3.60. The number of benzene rings is 1. The summed E-state index contributed by atoms with van der Waals surface area (Å²) in [6, 6.07) is 5.42. The van der Waals surface area contributed by atoms with E-state index in [1.54, 1.807) is 6.07 Å². The molecule has 1 atom stereocenters. The normalized spacial score (nSPS) is 21.0. The molecule has 0 bridgehead atoms. The number of hydrogen-bond acceptors (Lipinski definition) is 5. The first-order chi connectivity index (χ1) is 13.0. The molecule has 8 heteroatoms. The monoisotopic (exact) mass is 390 g/mol. The van der Waals surface area contributed by atoms with Crippen molar-refractivity contribution in [3.05, 3.63) is 58.9 Å². The van der Waals surface area contributed by atoms with Crippen molar-refractivity contribution in [1.29, 1.82) is 0 Å². The maximum absolute atomic E-state index is 13.5. The van der Waals surface area contributed by atoms with Gasteiger partial charge < -0.3 is 5.32 Å². The Morgan fingerprint density at radius 2 is 2.19 bits per heavy atom. The standard InChI is InChI=1S/C19H23FN4O2S/c20-16-5-3-4-14(10-16)13-27(25,26)24-9-2-1-6-18(24)19-22-12-15-11-21-8-7-17(15)23-19/h3-5,10,12,18,21H,1-2,6-9,11,13H2/t18-/m0/s1. The fraction of sp³-hybridized carbons (Fsp3) is 0.474. The third-order valence-electron chi connectivity index (χ3n) is 5.17. The Morgan fingerprint density at radius 1 is 1.30 bits per heavy atom. The van der Waals surface area contributed by atoms with Crippen LogP contribution in [0.3, 0.4) is 0 Å². The highest BCUT2D eigenvalue weighted by atomic mass is 32.2. The van der Waals surface area contributed by atoms with E-state index in [4.69, 9.17) is 4.98 Å². The molecule has 0 aliphatic carbocycles. The van der Waals surface area contributed by atoms with Crippen LogP contribution in [0.5, 0.6) is 0 Å². The zero-order valence-electron chi connectivity index (χ0n) is 15.1. The molecule has 4 rings (SSSR count). The van der Waals surface area contributed by atoms with Gasteiger partial charge in [-0.25, -0.2) is 22.8 Å². The Hall–Kier alpha value is -1.90. The van der Waals surface area contributed by atoms with Crippen LogP contribution in [0, 0.1) is 5.82 Å². The van der Waals surface area contributed by atoms with Gasteiger partial charge >= 0.3 is 0 Å². The summed E-state index contributed by atoms with van der Waals surface area (Å²) in [6.45, 7) is 2.07. The van der Waals surface area contributed by atoms with Crippen molar-refractivity contribution >= 4 is 10.0 Å². The minimum Gasteiger partial charge on any atom is -0.312 e. The molecule has 3 heterocycles. The molecule has 2 aliphatic heterocycles. The van der Waals surface area contributed by atoms with E-state index >= 15 is 0 Å². The van der Waals surface area contributed by atoms with E-state index in [1.807, 2.05) is 6.20 Å². The Kier molecular flexibility index (Phi) is 5.21. The smallest absolute Gasteiger partial charge is 0.218 e. The molecule has 27 heavy (non-hydrogen) atoms. The molecular weight excluding hydrogens is 367 g/mol. The first-order valence-electron chi connectivity index (χ1n) is 9.32. The maximum atomic E-state index is 13.5. The zero-order valence-corrected chi connectivity index (χ0v) is 15.9. The van der Waals surface area contributed by atoms with E-state index in [0.29, 0.717) is 24.4 Å². The Balaban J connectivity index is 1.62. The molecule has 1 aromatic heterocycles. The molecule has 1 N–H and O–H groups in total. The van der Waals surface area contributed by atoms with E-state index in [2.05, 4.69) is 10.3 Å². The van der Waals surface area contributed by atoms with Gasteiger partial charge in [-0.1, -0.05) is 18.6 Å². The predicted molar refractivity (Wildman–Crippen MR) is 99.8 cm³/mol. The summed E-state index contributed by atoms with van der Waals surface area (Å²) in [5, 5.41) is 3.29. The van der Waals surface area contributed by atoms with Crippen LogP contribution >= 0.6 is 0 Å². The molecular formula is C19H23FN4O2S. The van der Waals surface area contributed by atoms with Gasteiger partial charge in [0.05, 0.1) is 11.8 Å². The molecule has 0 spiro atoms. The fourth-order valence-electron chi connectivity index (χ4n) is 3.83. The quantitative estimate of drug-likeness (QED) is 0.867. The fourth-order valence-corrected chi connectivity index (χ4v) is 5.59. The first-order valence-corrected chi connectivity index (χ1v) is 10.9. The summed E-state index contributed by atoms with van der Waals surface area (Å²) in [6.07, 6.45) is 5.11. The van der Waals surface area contributed by atoms with Crippen LogP contribution < -0.4 is 5.32 Å². The van der Waals surface area contributed by atoms with Crippen molar-refractivity contribution in [1.82, 2.24) is 19.6 Å². The average Bonchev–Trinajstić information content (AvgIpc) is 2.67. The Bertz CT molecular complexity index is 935. The van der Waals surface area contributed by atoms with Gasteiger partial charge in [-0.15, -0.1) is 0 Å². The summed E-state index contributed by atoms with van der Waals surface area (Å²) < 4.78 is 41.1. The SMILES string of the molecule is O=S(=O)(Cc1cccc(F)c1)N1CCCC[C@H]1c1ncc2c(n1)CCNC2. The van der Waals surface area contributed by atoms with Gasteiger partial charge in [0.2, 0.25) is 10.0 Å².